The summed E-state index contributed by atoms with van der Waals surface area (Å²) in [4.78, 5) is 25.6. The van der Waals surface area contributed by atoms with Crippen molar-refractivity contribution in [2.75, 3.05) is 13.1 Å². The Kier molecular flexibility index (Phi) is 4.89. The zero-order chi connectivity index (χ0) is 18.2. The van der Waals surface area contributed by atoms with Gasteiger partial charge in [-0.15, -0.1) is 0 Å². The molecule has 0 aromatic carbocycles. The van der Waals surface area contributed by atoms with E-state index in [1.165, 1.54) is 18.5 Å². The number of likely N-dealkylation sites (tertiary alicyclic amines) is 1. The first-order chi connectivity index (χ1) is 11.8. The zero-order valence-corrected chi connectivity index (χ0v) is 15.5. The molecule has 1 amide bonds. The van der Waals surface area contributed by atoms with Crippen molar-refractivity contribution in [3.05, 3.63) is 17.5 Å². The molecule has 2 fully saturated rings. The number of piperidine rings is 1. The smallest absolute Gasteiger partial charge is 0.303 e. The highest BCUT2D eigenvalue weighted by molar-refractivity contribution is 5.92. The van der Waals surface area contributed by atoms with Crippen molar-refractivity contribution in [2.45, 2.75) is 70.8 Å². The maximum Gasteiger partial charge on any atom is 0.303 e. The molecule has 0 bridgehead atoms. The summed E-state index contributed by atoms with van der Waals surface area (Å²) in [5, 5.41) is 13.5. The predicted molar refractivity (Wildman–Crippen MR) is 94.7 cm³/mol. The second kappa shape index (κ2) is 6.81. The van der Waals surface area contributed by atoms with E-state index in [2.05, 4.69) is 25.9 Å². The number of hydrogen-bond donors (Lipinski definition) is 1. The monoisotopic (exact) mass is 347 g/mol. The lowest BCUT2D eigenvalue weighted by atomic mass is 9.93. The summed E-state index contributed by atoms with van der Waals surface area (Å²) in [5.41, 5.74) is 1.58. The number of carbonyl (C=O) groups excluding carboxylic acids is 1. The SMILES string of the molecule is CC(C)(C)n1nc(C(=O)N2CCCC(CCC(=O)O)C2)cc1C1CC1. The minimum absolute atomic E-state index is 0.00933. The first kappa shape index (κ1) is 18.0. The Labute approximate surface area is 149 Å². The number of nitrogens with zero attached hydrogens (tertiary/aromatic N) is 3. The molecule has 1 saturated carbocycles. The molecule has 1 aromatic heterocycles. The van der Waals surface area contributed by atoms with Gasteiger partial charge in [0, 0.05) is 31.1 Å². The number of amides is 1. The van der Waals surface area contributed by atoms with E-state index >= 15 is 0 Å². The number of aromatic nitrogens is 2. The third-order valence-electron chi connectivity index (χ3n) is 5.16. The van der Waals surface area contributed by atoms with Gasteiger partial charge in [0.1, 0.15) is 0 Å². The van der Waals surface area contributed by atoms with Crippen molar-refractivity contribution in [2.24, 2.45) is 5.92 Å². The van der Waals surface area contributed by atoms with Crippen LogP contribution in [0.15, 0.2) is 6.07 Å². The molecular formula is C19H29N3O3. The molecule has 6 heteroatoms. The third kappa shape index (κ3) is 4.22. The highest BCUT2D eigenvalue weighted by Crippen LogP contribution is 2.42. The van der Waals surface area contributed by atoms with Gasteiger partial charge in [0.15, 0.2) is 5.69 Å². The lowest BCUT2D eigenvalue weighted by Crippen LogP contribution is -2.40. The molecule has 1 saturated heterocycles. The first-order valence-corrected chi connectivity index (χ1v) is 9.37. The van der Waals surface area contributed by atoms with Crippen molar-refractivity contribution < 1.29 is 14.7 Å². The van der Waals surface area contributed by atoms with Gasteiger partial charge >= 0.3 is 5.97 Å². The van der Waals surface area contributed by atoms with Crippen LogP contribution in [0.2, 0.25) is 0 Å². The van der Waals surface area contributed by atoms with E-state index in [0.717, 1.165) is 19.4 Å². The molecule has 1 N–H and O–H groups in total. The number of rotatable bonds is 5. The van der Waals surface area contributed by atoms with E-state index in [9.17, 15) is 9.59 Å². The molecular weight excluding hydrogens is 318 g/mol. The van der Waals surface area contributed by atoms with Crippen molar-refractivity contribution in [3.8, 4) is 0 Å². The van der Waals surface area contributed by atoms with E-state index in [1.807, 2.05) is 15.6 Å². The van der Waals surface area contributed by atoms with Crippen LogP contribution in [-0.2, 0) is 10.3 Å². The molecule has 0 radical (unpaired) electrons. The van der Waals surface area contributed by atoms with Crippen LogP contribution in [-0.4, -0.2) is 44.8 Å². The predicted octanol–water partition coefficient (Wildman–Crippen LogP) is 3.23. The van der Waals surface area contributed by atoms with Crippen molar-refractivity contribution in [1.29, 1.82) is 0 Å². The van der Waals surface area contributed by atoms with Gasteiger partial charge in [-0.2, -0.15) is 5.10 Å². The molecule has 1 unspecified atom stereocenters. The Morgan fingerprint density at radius 1 is 1.28 bits per heavy atom. The van der Waals surface area contributed by atoms with Gasteiger partial charge < -0.3 is 10.0 Å². The fourth-order valence-electron chi connectivity index (χ4n) is 3.68. The van der Waals surface area contributed by atoms with Gasteiger partial charge in [0.25, 0.3) is 5.91 Å². The van der Waals surface area contributed by atoms with Gasteiger partial charge in [0.2, 0.25) is 0 Å². The van der Waals surface area contributed by atoms with Crippen LogP contribution in [0.5, 0.6) is 0 Å². The van der Waals surface area contributed by atoms with Crippen LogP contribution in [0.1, 0.15) is 81.4 Å². The van der Waals surface area contributed by atoms with Gasteiger partial charge in [-0.1, -0.05) is 0 Å². The topological polar surface area (TPSA) is 75.4 Å². The Morgan fingerprint density at radius 2 is 2.00 bits per heavy atom. The number of carbonyl (C=O) groups is 2. The van der Waals surface area contributed by atoms with Crippen molar-refractivity contribution in [1.82, 2.24) is 14.7 Å². The summed E-state index contributed by atoms with van der Waals surface area (Å²) < 4.78 is 2.02. The number of aliphatic carboxylic acids is 1. The number of carboxylic acid groups (broad SMARTS) is 1. The lowest BCUT2D eigenvalue weighted by molar-refractivity contribution is -0.137. The molecule has 1 aliphatic heterocycles. The van der Waals surface area contributed by atoms with Gasteiger partial charge in [-0.25, -0.2) is 0 Å². The van der Waals surface area contributed by atoms with Crippen molar-refractivity contribution in [3.63, 3.8) is 0 Å². The molecule has 1 aliphatic carbocycles. The second-order valence-corrected chi connectivity index (χ2v) is 8.50. The highest BCUT2D eigenvalue weighted by atomic mass is 16.4. The second-order valence-electron chi connectivity index (χ2n) is 8.50. The summed E-state index contributed by atoms with van der Waals surface area (Å²) in [6.45, 7) is 7.73. The summed E-state index contributed by atoms with van der Waals surface area (Å²) in [7, 11) is 0. The Bertz CT molecular complexity index is 655. The van der Waals surface area contributed by atoms with Crippen LogP contribution in [0.3, 0.4) is 0 Å². The normalized spacial score (nSPS) is 21.4. The van der Waals surface area contributed by atoms with Crippen molar-refractivity contribution >= 4 is 11.9 Å². The molecule has 0 spiro atoms. The summed E-state index contributed by atoms with van der Waals surface area (Å²) in [5.74, 6) is 0.0470. The molecule has 2 aliphatic rings. The molecule has 1 atom stereocenters. The van der Waals surface area contributed by atoms with Crippen LogP contribution in [0.25, 0.3) is 0 Å². The maximum absolute atomic E-state index is 13.0. The standard InChI is InChI=1S/C19H29N3O3/c1-19(2,3)22-16(14-7-8-14)11-15(20-22)18(25)21-10-4-5-13(12-21)6-9-17(23)24/h11,13-14H,4-10,12H2,1-3H3,(H,23,24). The Hall–Kier alpha value is -1.85. The average Bonchev–Trinajstić information content (AvgIpc) is 3.29. The molecule has 2 heterocycles. The summed E-state index contributed by atoms with van der Waals surface area (Å²) in [6, 6.07) is 1.98. The molecule has 6 nitrogen and oxygen atoms in total. The summed E-state index contributed by atoms with van der Waals surface area (Å²) in [6.07, 6.45) is 5.11. The van der Waals surface area contributed by atoms with Crippen LogP contribution < -0.4 is 0 Å². The highest BCUT2D eigenvalue weighted by Gasteiger charge is 2.34. The lowest BCUT2D eigenvalue weighted by Gasteiger charge is -2.32. The number of carboxylic acids is 1. The largest absolute Gasteiger partial charge is 0.481 e. The molecule has 1 aromatic rings. The average molecular weight is 347 g/mol. The molecule has 25 heavy (non-hydrogen) atoms. The minimum Gasteiger partial charge on any atom is -0.481 e. The van der Waals surface area contributed by atoms with Gasteiger partial charge in [-0.3, -0.25) is 14.3 Å². The third-order valence-corrected chi connectivity index (χ3v) is 5.16. The van der Waals surface area contributed by atoms with E-state index in [1.54, 1.807) is 0 Å². The van der Waals surface area contributed by atoms with E-state index in [0.29, 0.717) is 24.6 Å². The Morgan fingerprint density at radius 3 is 2.60 bits per heavy atom. The summed E-state index contributed by atoms with van der Waals surface area (Å²) >= 11 is 0. The fraction of sp³-hybridized carbons (Fsp3) is 0.737. The number of hydrogen-bond acceptors (Lipinski definition) is 3. The van der Waals surface area contributed by atoms with Gasteiger partial charge in [-0.05, 0) is 64.9 Å². The fourth-order valence-corrected chi connectivity index (χ4v) is 3.68. The van der Waals surface area contributed by atoms with E-state index < -0.39 is 5.97 Å². The zero-order valence-electron chi connectivity index (χ0n) is 15.5. The van der Waals surface area contributed by atoms with E-state index in [4.69, 9.17) is 5.11 Å². The Balaban J connectivity index is 1.73. The van der Waals surface area contributed by atoms with Crippen LogP contribution in [0.4, 0.5) is 0 Å². The molecule has 138 valence electrons. The maximum atomic E-state index is 13.0. The minimum atomic E-state index is -0.763. The van der Waals surface area contributed by atoms with E-state index in [-0.39, 0.29) is 23.8 Å². The van der Waals surface area contributed by atoms with Crippen LogP contribution >= 0.6 is 0 Å². The molecule has 3 rings (SSSR count). The first-order valence-electron chi connectivity index (χ1n) is 9.37. The quantitative estimate of drug-likeness (QED) is 0.887. The van der Waals surface area contributed by atoms with Gasteiger partial charge in [0.05, 0.1) is 5.54 Å². The van der Waals surface area contributed by atoms with Crippen LogP contribution in [0, 0.1) is 5.92 Å².